The minimum atomic E-state index is -4.70. The van der Waals surface area contributed by atoms with Crippen LogP contribution in [0.4, 0.5) is 23.4 Å². The Kier molecular flexibility index (Phi) is 4.46. The van der Waals surface area contributed by atoms with E-state index in [1.165, 1.54) is 0 Å². The first-order valence-electron chi connectivity index (χ1n) is 7.10. The highest BCUT2D eigenvalue weighted by Gasteiger charge is 2.33. The first-order valence-corrected chi connectivity index (χ1v) is 7.89. The molecule has 0 radical (unpaired) electrons. The number of carbonyl (C=O) groups is 2. The number of benzene rings is 1. The number of imide groups is 1. The van der Waals surface area contributed by atoms with E-state index in [1.807, 2.05) is 5.32 Å². The van der Waals surface area contributed by atoms with E-state index >= 15 is 0 Å². The van der Waals surface area contributed by atoms with E-state index in [0.29, 0.717) is 10.6 Å². The van der Waals surface area contributed by atoms with E-state index in [9.17, 15) is 31.9 Å². The summed E-state index contributed by atoms with van der Waals surface area (Å²) in [6.07, 6.45) is -4.70. The number of amides is 2. The van der Waals surface area contributed by atoms with Crippen LogP contribution in [0.3, 0.4) is 0 Å². The van der Waals surface area contributed by atoms with Gasteiger partial charge in [0.1, 0.15) is 17.4 Å². The van der Waals surface area contributed by atoms with Gasteiger partial charge in [0.05, 0.1) is 21.3 Å². The number of fused-ring (bicyclic) bond motifs is 1. The van der Waals surface area contributed by atoms with Gasteiger partial charge in [0, 0.05) is 12.1 Å². The van der Waals surface area contributed by atoms with Crippen LogP contribution in [-0.2, 0) is 0 Å². The number of hydrogen-bond donors (Lipinski definition) is 2. The zero-order valence-electron chi connectivity index (χ0n) is 13.0. The van der Waals surface area contributed by atoms with Crippen molar-refractivity contribution in [3.8, 4) is 11.4 Å². The minimum Gasteiger partial charge on any atom is -0.482 e. The first-order chi connectivity index (χ1) is 12.5. The fourth-order valence-electron chi connectivity index (χ4n) is 2.50. The second kappa shape index (κ2) is 6.37. The summed E-state index contributed by atoms with van der Waals surface area (Å²) >= 11 is 2.81. The lowest BCUT2D eigenvalue weighted by molar-refractivity contribution is -0.153. The molecule has 3 N–H and O–H groups in total. The van der Waals surface area contributed by atoms with Gasteiger partial charge in [0.25, 0.3) is 17.4 Å². The molecule has 0 atom stereocenters. The Morgan fingerprint density at radius 3 is 2.44 bits per heavy atom. The summed E-state index contributed by atoms with van der Waals surface area (Å²) in [5.41, 5.74) is 3.75. The predicted molar refractivity (Wildman–Crippen MR) is 87.5 cm³/mol. The van der Waals surface area contributed by atoms with Gasteiger partial charge in [-0.2, -0.15) is 13.2 Å². The maximum atomic E-state index is 14.0. The molecule has 0 aliphatic carbocycles. The summed E-state index contributed by atoms with van der Waals surface area (Å²) in [4.78, 5) is 35.9. The quantitative estimate of drug-likeness (QED) is 0.551. The Morgan fingerprint density at radius 2 is 1.81 bits per heavy atom. The van der Waals surface area contributed by atoms with Crippen molar-refractivity contribution < 1.29 is 31.9 Å². The van der Waals surface area contributed by atoms with Crippen LogP contribution in [0.25, 0.3) is 5.69 Å². The number of rotatable bonds is 3. The van der Waals surface area contributed by atoms with Crippen LogP contribution in [0.1, 0.15) is 20.7 Å². The van der Waals surface area contributed by atoms with Crippen LogP contribution < -0.4 is 21.3 Å². The second-order valence-electron chi connectivity index (χ2n) is 5.41. The number of pyridine rings is 1. The van der Waals surface area contributed by atoms with E-state index in [-0.39, 0.29) is 15.6 Å². The second-order valence-corrected chi connectivity index (χ2v) is 6.27. The Balaban J connectivity index is 2.24. The number of nitrogens with two attached hydrogens (primary N) is 1. The van der Waals surface area contributed by atoms with Crippen molar-refractivity contribution in [2.75, 3.05) is 12.3 Å². The summed E-state index contributed by atoms with van der Waals surface area (Å²) in [5.74, 6) is -3.71. The van der Waals surface area contributed by atoms with Crippen molar-refractivity contribution in [2.24, 2.45) is 0 Å². The number of carbonyl (C=O) groups excluding carboxylic acids is 2. The van der Waals surface area contributed by atoms with Crippen molar-refractivity contribution in [3.63, 3.8) is 0 Å². The Hall–Kier alpha value is -2.89. The van der Waals surface area contributed by atoms with E-state index in [2.05, 4.69) is 20.7 Å². The van der Waals surface area contributed by atoms with Crippen molar-refractivity contribution >= 4 is 33.6 Å². The molecule has 2 heterocycles. The number of anilines is 1. The molecule has 12 heteroatoms. The SMILES string of the molecule is Nc1c2c(cc(=O)n1-c1cc(F)c(Br)cc1OCC(F)(F)F)C(=O)NC2=O. The van der Waals surface area contributed by atoms with Crippen LogP contribution in [0.15, 0.2) is 27.5 Å². The van der Waals surface area contributed by atoms with Crippen LogP contribution in [0.2, 0.25) is 0 Å². The van der Waals surface area contributed by atoms with Crippen molar-refractivity contribution in [2.45, 2.75) is 6.18 Å². The van der Waals surface area contributed by atoms with Gasteiger partial charge in [0.2, 0.25) is 0 Å². The minimum absolute atomic E-state index is 0.218. The van der Waals surface area contributed by atoms with E-state index < -0.39 is 53.2 Å². The highest BCUT2D eigenvalue weighted by molar-refractivity contribution is 9.10. The third kappa shape index (κ3) is 3.39. The highest BCUT2D eigenvalue weighted by Crippen LogP contribution is 2.33. The van der Waals surface area contributed by atoms with E-state index in [4.69, 9.17) is 5.73 Å². The molecule has 27 heavy (non-hydrogen) atoms. The molecule has 0 unspecified atom stereocenters. The van der Waals surface area contributed by atoms with Crippen LogP contribution in [-0.4, -0.2) is 29.2 Å². The molecule has 1 aliphatic heterocycles. The number of halogens is 5. The molecule has 0 fully saturated rings. The zero-order valence-corrected chi connectivity index (χ0v) is 14.6. The highest BCUT2D eigenvalue weighted by atomic mass is 79.9. The van der Waals surface area contributed by atoms with Gasteiger partial charge in [-0.05, 0) is 22.0 Å². The number of nitrogens with one attached hydrogen (secondary N) is 1. The summed E-state index contributed by atoms with van der Waals surface area (Å²) < 4.78 is 56.5. The summed E-state index contributed by atoms with van der Waals surface area (Å²) in [7, 11) is 0. The van der Waals surface area contributed by atoms with Crippen LogP contribution >= 0.6 is 15.9 Å². The van der Waals surface area contributed by atoms with Gasteiger partial charge in [-0.3, -0.25) is 24.3 Å². The standard InChI is InChI=1S/C15H8BrF4N3O4/c16-6-2-9(27-4-15(18,19)20)8(3-7(6)17)23-10(24)1-5-11(12(23)21)14(26)22-13(5)25/h1-3H,4,21H2,(H,22,25,26). The third-order valence-electron chi connectivity index (χ3n) is 3.59. The number of nitrogen functional groups attached to an aromatic ring is 1. The molecule has 2 amide bonds. The number of ether oxygens (including phenoxy) is 1. The van der Waals surface area contributed by atoms with E-state index in [1.54, 1.807) is 0 Å². The third-order valence-corrected chi connectivity index (χ3v) is 4.20. The summed E-state index contributed by atoms with van der Waals surface area (Å²) in [6.45, 7) is -1.71. The Morgan fingerprint density at radius 1 is 1.15 bits per heavy atom. The molecule has 1 aromatic heterocycles. The van der Waals surface area contributed by atoms with Gasteiger partial charge in [0.15, 0.2) is 6.61 Å². The fraction of sp³-hybridized carbons (Fsp3) is 0.133. The maximum absolute atomic E-state index is 14.0. The van der Waals surface area contributed by atoms with Crippen molar-refractivity contribution in [1.29, 1.82) is 0 Å². The summed E-state index contributed by atoms with van der Waals surface area (Å²) in [6, 6.07) is 2.38. The first kappa shape index (κ1) is 18.9. The lowest BCUT2D eigenvalue weighted by Gasteiger charge is -2.17. The summed E-state index contributed by atoms with van der Waals surface area (Å²) in [5, 5.41) is 1.94. The molecule has 0 saturated heterocycles. The number of aromatic nitrogens is 1. The topological polar surface area (TPSA) is 103 Å². The lowest BCUT2D eigenvalue weighted by Crippen LogP contribution is -2.26. The normalized spacial score (nSPS) is 13.5. The molecule has 3 rings (SSSR count). The smallest absolute Gasteiger partial charge is 0.422 e. The van der Waals surface area contributed by atoms with Gasteiger partial charge in [-0.25, -0.2) is 4.39 Å². The number of nitrogens with zero attached hydrogens (tertiary/aromatic N) is 1. The zero-order chi connectivity index (χ0) is 20.1. The van der Waals surface area contributed by atoms with Crippen molar-refractivity contribution in [3.05, 3.63) is 50.0 Å². The Bertz CT molecular complexity index is 1050. The molecular formula is C15H8BrF4N3O4. The van der Waals surface area contributed by atoms with Gasteiger partial charge in [-0.1, -0.05) is 0 Å². The van der Waals surface area contributed by atoms with Gasteiger partial charge in [-0.15, -0.1) is 0 Å². The largest absolute Gasteiger partial charge is 0.482 e. The van der Waals surface area contributed by atoms with Crippen molar-refractivity contribution in [1.82, 2.24) is 9.88 Å². The van der Waals surface area contributed by atoms with Crippen LogP contribution in [0.5, 0.6) is 5.75 Å². The molecule has 7 nitrogen and oxygen atoms in total. The number of hydrogen-bond acceptors (Lipinski definition) is 5. The molecule has 142 valence electrons. The molecule has 1 aliphatic rings. The molecule has 0 bridgehead atoms. The molecule has 2 aromatic rings. The monoisotopic (exact) mass is 449 g/mol. The maximum Gasteiger partial charge on any atom is 0.422 e. The van der Waals surface area contributed by atoms with Gasteiger partial charge < -0.3 is 10.5 Å². The molecule has 1 aromatic carbocycles. The molecule has 0 saturated carbocycles. The van der Waals surface area contributed by atoms with E-state index in [0.717, 1.165) is 12.1 Å². The molecular weight excluding hydrogens is 442 g/mol. The average Bonchev–Trinajstić information content (AvgIpc) is 2.82. The molecule has 0 spiro atoms. The fourth-order valence-corrected chi connectivity index (χ4v) is 2.82. The van der Waals surface area contributed by atoms with Crippen LogP contribution in [0, 0.1) is 5.82 Å². The lowest BCUT2D eigenvalue weighted by atomic mass is 10.1. The number of alkyl halides is 3. The average molecular weight is 450 g/mol. The Labute approximate surface area is 155 Å². The predicted octanol–water partition coefficient (Wildman–Crippen LogP) is 2.15. The van der Waals surface area contributed by atoms with Gasteiger partial charge >= 0.3 is 6.18 Å².